The molecular weight excluding hydrogens is 192 g/mol. The Bertz CT molecular complexity index is 193. The van der Waals surface area contributed by atoms with Crippen molar-refractivity contribution in [3.05, 3.63) is 0 Å². The van der Waals surface area contributed by atoms with Crippen molar-refractivity contribution in [3.63, 3.8) is 0 Å². The molecule has 0 aromatic rings. The molecule has 0 fully saturated rings. The van der Waals surface area contributed by atoms with Crippen molar-refractivity contribution >= 4 is 5.91 Å². The Kier molecular flexibility index (Phi) is 6.52. The molecule has 0 spiro atoms. The molecule has 0 rings (SSSR count). The van der Waals surface area contributed by atoms with E-state index in [1.165, 1.54) is 0 Å². The fraction of sp³-hybridized carbons (Fsp3) is 0.909. The average molecular weight is 216 g/mol. The van der Waals surface area contributed by atoms with E-state index in [2.05, 4.69) is 0 Å². The summed E-state index contributed by atoms with van der Waals surface area (Å²) in [5.74, 6) is 0.00667. The molecule has 4 nitrogen and oxygen atoms in total. The van der Waals surface area contributed by atoms with E-state index in [-0.39, 0.29) is 5.91 Å². The molecule has 15 heavy (non-hydrogen) atoms. The largest absolute Gasteiger partial charge is 0.380 e. The van der Waals surface area contributed by atoms with E-state index in [1.54, 1.807) is 11.8 Å². The van der Waals surface area contributed by atoms with Crippen LogP contribution in [0.2, 0.25) is 0 Å². The molecule has 1 amide bonds. The van der Waals surface area contributed by atoms with Gasteiger partial charge in [0.05, 0.1) is 12.1 Å². The first-order valence-corrected chi connectivity index (χ1v) is 5.65. The standard InChI is InChI=1S/C11H24N2O2/c1-5-11(4,12)10(14)13(6-2)8-9-15-7-3/h5-9,12H2,1-4H3. The molecule has 0 aromatic heterocycles. The van der Waals surface area contributed by atoms with E-state index in [1.807, 2.05) is 20.8 Å². The maximum absolute atomic E-state index is 12.0. The van der Waals surface area contributed by atoms with E-state index in [9.17, 15) is 4.79 Å². The minimum absolute atomic E-state index is 0.00667. The molecule has 0 aliphatic heterocycles. The van der Waals surface area contributed by atoms with Gasteiger partial charge >= 0.3 is 0 Å². The smallest absolute Gasteiger partial charge is 0.242 e. The molecule has 90 valence electrons. The molecule has 1 unspecified atom stereocenters. The summed E-state index contributed by atoms with van der Waals surface area (Å²) in [5.41, 5.74) is 5.16. The van der Waals surface area contributed by atoms with Crippen LogP contribution in [-0.4, -0.2) is 42.6 Å². The van der Waals surface area contributed by atoms with Gasteiger partial charge in [0.2, 0.25) is 5.91 Å². The summed E-state index contributed by atoms with van der Waals surface area (Å²) in [5, 5.41) is 0. The Morgan fingerprint density at radius 1 is 1.40 bits per heavy atom. The molecular formula is C11H24N2O2. The maximum atomic E-state index is 12.0. The van der Waals surface area contributed by atoms with E-state index >= 15 is 0 Å². The lowest BCUT2D eigenvalue weighted by molar-refractivity contribution is -0.137. The molecule has 0 heterocycles. The minimum Gasteiger partial charge on any atom is -0.380 e. The van der Waals surface area contributed by atoms with Crippen LogP contribution in [-0.2, 0) is 9.53 Å². The lowest BCUT2D eigenvalue weighted by atomic mass is 9.98. The van der Waals surface area contributed by atoms with Gasteiger partial charge in [-0.1, -0.05) is 6.92 Å². The number of rotatable bonds is 7. The van der Waals surface area contributed by atoms with Crippen LogP contribution in [0.25, 0.3) is 0 Å². The fourth-order valence-corrected chi connectivity index (χ4v) is 1.23. The van der Waals surface area contributed by atoms with Gasteiger partial charge in [0, 0.05) is 19.7 Å². The molecule has 0 bridgehead atoms. The number of nitrogens with zero attached hydrogens (tertiary/aromatic N) is 1. The molecule has 2 N–H and O–H groups in total. The number of carbonyl (C=O) groups excluding carboxylic acids is 1. The van der Waals surface area contributed by atoms with Crippen molar-refractivity contribution in [1.82, 2.24) is 4.90 Å². The van der Waals surface area contributed by atoms with E-state index in [0.717, 1.165) is 0 Å². The first-order chi connectivity index (χ1) is 6.99. The van der Waals surface area contributed by atoms with Gasteiger partial charge in [0.15, 0.2) is 0 Å². The van der Waals surface area contributed by atoms with Crippen molar-refractivity contribution < 1.29 is 9.53 Å². The minimum atomic E-state index is -0.748. The van der Waals surface area contributed by atoms with Gasteiger partial charge in [-0.15, -0.1) is 0 Å². The van der Waals surface area contributed by atoms with Gasteiger partial charge in [-0.2, -0.15) is 0 Å². The highest BCUT2D eigenvalue weighted by Crippen LogP contribution is 2.09. The first kappa shape index (κ1) is 14.4. The van der Waals surface area contributed by atoms with Crippen LogP contribution in [0, 0.1) is 0 Å². The van der Waals surface area contributed by atoms with E-state index in [0.29, 0.717) is 32.7 Å². The molecule has 0 saturated heterocycles. The van der Waals surface area contributed by atoms with E-state index in [4.69, 9.17) is 10.5 Å². The summed E-state index contributed by atoms with van der Waals surface area (Å²) in [4.78, 5) is 13.7. The quantitative estimate of drug-likeness (QED) is 0.646. The van der Waals surface area contributed by atoms with Gasteiger partial charge in [0.1, 0.15) is 0 Å². The molecule has 0 aliphatic rings. The molecule has 1 atom stereocenters. The van der Waals surface area contributed by atoms with E-state index < -0.39 is 5.54 Å². The lowest BCUT2D eigenvalue weighted by Crippen LogP contribution is -2.53. The number of hydrogen-bond acceptors (Lipinski definition) is 3. The summed E-state index contributed by atoms with van der Waals surface area (Å²) < 4.78 is 5.23. The Balaban J connectivity index is 4.22. The Morgan fingerprint density at radius 3 is 2.40 bits per heavy atom. The van der Waals surface area contributed by atoms with Crippen LogP contribution in [0.3, 0.4) is 0 Å². The third-order valence-corrected chi connectivity index (χ3v) is 2.60. The van der Waals surface area contributed by atoms with Crippen LogP contribution in [0.5, 0.6) is 0 Å². The molecule has 4 heteroatoms. The maximum Gasteiger partial charge on any atom is 0.242 e. The summed E-state index contributed by atoms with van der Waals surface area (Å²) in [6.45, 7) is 10.2. The van der Waals surface area contributed by atoms with Gasteiger partial charge in [0.25, 0.3) is 0 Å². The number of ether oxygens (including phenoxy) is 1. The SMILES string of the molecule is CCOCCN(CC)C(=O)C(C)(N)CC. The predicted octanol–water partition coefficient (Wildman–Crippen LogP) is 0.999. The van der Waals surface area contributed by atoms with Crippen LogP contribution in [0.1, 0.15) is 34.1 Å². The second-order valence-corrected chi connectivity index (χ2v) is 3.85. The topological polar surface area (TPSA) is 55.6 Å². The molecule has 0 radical (unpaired) electrons. The monoisotopic (exact) mass is 216 g/mol. The Labute approximate surface area is 92.8 Å². The predicted molar refractivity (Wildman–Crippen MR) is 61.6 cm³/mol. The van der Waals surface area contributed by atoms with Gasteiger partial charge < -0.3 is 15.4 Å². The van der Waals surface area contributed by atoms with Crippen molar-refractivity contribution in [2.75, 3.05) is 26.3 Å². The molecule has 0 saturated carbocycles. The third-order valence-electron chi connectivity index (χ3n) is 2.60. The summed E-state index contributed by atoms with van der Waals surface area (Å²) in [7, 11) is 0. The summed E-state index contributed by atoms with van der Waals surface area (Å²) in [6.07, 6.45) is 0.650. The zero-order chi connectivity index (χ0) is 11.9. The number of hydrogen-bond donors (Lipinski definition) is 1. The van der Waals surface area contributed by atoms with Crippen molar-refractivity contribution in [1.29, 1.82) is 0 Å². The van der Waals surface area contributed by atoms with Crippen LogP contribution < -0.4 is 5.73 Å². The van der Waals surface area contributed by atoms with Crippen molar-refractivity contribution in [3.8, 4) is 0 Å². The second-order valence-electron chi connectivity index (χ2n) is 3.85. The highest BCUT2D eigenvalue weighted by atomic mass is 16.5. The highest BCUT2D eigenvalue weighted by molar-refractivity contribution is 5.85. The Hall–Kier alpha value is -0.610. The van der Waals surface area contributed by atoms with Crippen molar-refractivity contribution in [2.45, 2.75) is 39.7 Å². The second kappa shape index (κ2) is 6.80. The first-order valence-electron chi connectivity index (χ1n) is 5.65. The third kappa shape index (κ3) is 4.62. The Morgan fingerprint density at radius 2 is 2.00 bits per heavy atom. The fourth-order valence-electron chi connectivity index (χ4n) is 1.23. The molecule has 0 aromatic carbocycles. The zero-order valence-electron chi connectivity index (χ0n) is 10.4. The van der Waals surface area contributed by atoms with Crippen LogP contribution >= 0.6 is 0 Å². The zero-order valence-corrected chi connectivity index (χ0v) is 10.4. The van der Waals surface area contributed by atoms with Crippen LogP contribution in [0.15, 0.2) is 0 Å². The van der Waals surface area contributed by atoms with Gasteiger partial charge in [-0.3, -0.25) is 4.79 Å². The van der Waals surface area contributed by atoms with Crippen molar-refractivity contribution in [2.24, 2.45) is 5.73 Å². The summed E-state index contributed by atoms with van der Waals surface area (Å²) in [6, 6.07) is 0. The number of carbonyl (C=O) groups is 1. The summed E-state index contributed by atoms with van der Waals surface area (Å²) >= 11 is 0. The molecule has 0 aliphatic carbocycles. The lowest BCUT2D eigenvalue weighted by Gasteiger charge is -2.30. The van der Waals surface area contributed by atoms with Gasteiger partial charge in [-0.05, 0) is 27.2 Å². The number of nitrogens with two attached hydrogens (primary N) is 1. The number of likely N-dealkylation sites (N-methyl/N-ethyl adjacent to an activating group) is 1. The van der Waals surface area contributed by atoms with Crippen LogP contribution in [0.4, 0.5) is 0 Å². The highest BCUT2D eigenvalue weighted by Gasteiger charge is 2.29. The van der Waals surface area contributed by atoms with Gasteiger partial charge in [-0.25, -0.2) is 0 Å². The average Bonchev–Trinajstić information content (AvgIpc) is 2.23. The normalized spacial score (nSPS) is 14.7. The number of amides is 1.